The third kappa shape index (κ3) is 8.00. The largest absolute Gasteiger partial charge is 0.507 e. The standard InChI is InChI=1S/C57H62N2O4/c1-34-27-46(52-42-19-9-5-15-38(42)32-39-16-6-10-20-43(39)52)56(60)48(29-34)54-50(23-13-25-58-54)62-36(3)31-37(4)63-51-24-14-26-59-55(51)49-30-35(2)28-47(57(49)61)53-44-21-11-7-17-40(44)33-41-18-8-12-22-45(41)53/h13-14,23-30,32-33,36-37,60-61H,5-12,15-22,31H2,1-4H3/t36-,37-/m1/s1. The summed E-state index contributed by atoms with van der Waals surface area (Å²) in [6.45, 7) is 8.35. The molecule has 4 aliphatic carbocycles. The fraction of sp³-hybridized carbons (Fsp3) is 0.404. The molecule has 0 saturated heterocycles. The zero-order valence-electron chi connectivity index (χ0n) is 37.7. The van der Waals surface area contributed by atoms with Crippen molar-refractivity contribution >= 4 is 0 Å². The van der Waals surface area contributed by atoms with Crippen molar-refractivity contribution in [2.24, 2.45) is 0 Å². The maximum Gasteiger partial charge on any atom is 0.146 e. The molecular formula is C57H62N2O4. The first-order valence-corrected chi connectivity index (χ1v) is 24.0. The number of aromatic nitrogens is 2. The van der Waals surface area contributed by atoms with Gasteiger partial charge in [0.15, 0.2) is 0 Å². The number of nitrogens with zero attached hydrogens (tertiary/aromatic N) is 2. The molecule has 0 amide bonds. The molecule has 0 spiro atoms. The molecule has 0 unspecified atom stereocenters. The lowest BCUT2D eigenvalue weighted by atomic mass is 9.76. The highest BCUT2D eigenvalue weighted by atomic mass is 16.5. The summed E-state index contributed by atoms with van der Waals surface area (Å²) < 4.78 is 13.5. The lowest BCUT2D eigenvalue weighted by Crippen LogP contribution is -2.23. The molecule has 0 radical (unpaired) electrons. The van der Waals surface area contributed by atoms with E-state index in [0.717, 1.165) is 73.6 Å². The number of hydrogen-bond donors (Lipinski definition) is 2. The normalized spacial score (nSPS) is 16.6. The van der Waals surface area contributed by atoms with E-state index < -0.39 is 0 Å². The number of ether oxygens (including phenoxy) is 2. The maximum atomic E-state index is 12.3. The fourth-order valence-electron chi connectivity index (χ4n) is 11.6. The van der Waals surface area contributed by atoms with E-state index in [9.17, 15) is 10.2 Å². The van der Waals surface area contributed by atoms with E-state index in [-0.39, 0.29) is 23.7 Å². The van der Waals surface area contributed by atoms with Crippen molar-refractivity contribution < 1.29 is 19.7 Å². The lowest BCUT2D eigenvalue weighted by molar-refractivity contribution is 0.131. The zero-order valence-corrected chi connectivity index (χ0v) is 37.7. The van der Waals surface area contributed by atoms with E-state index in [0.29, 0.717) is 40.4 Å². The Hall–Kier alpha value is -5.62. The van der Waals surface area contributed by atoms with Gasteiger partial charge in [-0.05, 0) is 246 Å². The number of pyridine rings is 2. The average molecular weight is 839 g/mol. The van der Waals surface area contributed by atoms with E-state index in [1.807, 2.05) is 36.4 Å². The second-order valence-corrected chi connectivity index (χ2v) is 19.1. The van der Waals surface area contributed by atoms with Crippen LogP contribution in [0.1, 0.15) is 127 Å². The monoisotopic (exact) mass is 838 g/mol. The van der Waals surface area contributed by atoms with Gasteiger partial charge >= 0.3 is 0 Å². The summed E-state index contributed by atoms with van der Waals surface area (Å²) in [5.41, 5.74) is 20.8. The third-order valence-electron chi connectivity index (χ3n) is 14.4. The zero-order chi connectivity index (χ0) is 43.2. The summed E-state index contributed by atoms with van der Waals surface area (Å²) in [5, 5.41) is 24.6. The number of phenols is 2. The Bertz CT molecular complexity index is 2460. The minimum Gasteiger partial charge on any atom is -0.507 e. The average Bonchev–Trinajstić information content (AvgIpc) is 3.29. The molecule has 10 rings (SSSR count). The van der Waals surface area contributed by atoms with Crippen LogP contribution in [0.25, 0.3) is 44.8 Å². The van der Waals surface area contributed by atoms with Gasteiger partial charge < -0.3 is 19.7 Å². The van der Waals surface area contributed by atoms with Crippen LogP contribution < -0.4 is 9.47 Å². The molecule has 2 atom stereocenters. The van der Waals surface area contributed by atoms with Crippen molar-refractivity contribution in [2.45, 2.75) is 149 Å². The van der Waals surface area contributed by atoms with Crippen LogP contribution in [0.15, 0.2) is 73.1 Å². The van der Waals surface area contributed by atoms with Gasteiger partial charge in [-0.1, -0.05) is 12.1 Å². The van der Waals surface area contributed by atoms with Gasteiger partial charge in [0.05, 0.1) is 12.2 Å². The van der Waals surface area contributed by atoms with Crippen LogP contribution in [-0.2, 0) is 51.4 Å². The SMILES string of the molecule is Cc1cc(-c2ncccc2O[C@H](C)C[C@@H](C)Oc2cccnc2-c2cc(C)cc(-c3c4c(cc5c3CCCC5)CCCC4)c2O)c(O)c(-c2c3c(cc4c2CCCC4)CCCC3)c1. The van der Waals surface area contributed by atoms with Gasteiger partial charge in [0.25, 0.3) is 0 Å². The first kappa shape index (κ1) is 41.4. The van der Waals surface area contributed by atoms with E-state index >= 15 is 0 Å². The lowest BCUT2D eigenvalue weighted by Gasteiger charge is -2.29. The van der Waals surface area contributed by atoms with Gasteiger partial charge in [-0.15, -0.1) is 0 Å². The summed E-state index contributed by atoms with van der Waals surface area (Å²) in [5.74, 6) is 1.81. The molecule has 2 heterocycles. The Morgan fingerprint density at radius 1 is 0.476 bits per heavy atom. The molecule has 0 saturated carbocycles. The van der Waals surface area contributed by atoms with Crippen molar-refractivity contribution in [1.29, 1.82) is 0 Å². The maximum absolute atomic E-state index is 12.3. The van der Waals surface area contributed by atoms with E-state index in [1.165, 1.54) is 107 Å². The molecule has 0 fully saturated rings. The minimum absolute atomic E-state index is 0.239. The smallest absolute Gasteiger partial charge is 0.146 e. The number of hydrogen-bond acceptors (Lipinski definition) is 6. The van der Waals surface area contributed by atoms with Gasteiger partial charge in [-0.25, -0.2) is 0 Å². The number of rotatable bonds is 10. The van der Waals surface area contributed by atoms with Gasteiger partial charge in [-0.3, -0.25) is 9.97 Å². The second kappa shape index (κ2) is 17.5. The number of aryl methyl sites for hydroxylation is 6. The summed E-state index contributed by atoms with van der Waals surface area (Å²) in [6.07, 6.45) is 22.0. The first-order valence-electron chi connectivity index (χ1n) is 24.0. The van der Waals surface area contributed by atoms with Gasteiger partial charge in [0.2, 0.25) is 0 Å². The second-order valence-electron chi connectivity index (χ2n) is 19.1. The Balaban J connectivity index is 0.923. The fourth-order valence-corrected chi connectivity index (χ4v) is 11.6. The van der Waals surface area contributed by atoms with Gasteiger partial charge in [-0.2, -0.15) is 0 Å². The molecule has 0 bridgehead atoms. The molecule has 6 heteroatoms. The first-order chi connectivity index (χ1) is 30.7. The van der Waals surface area contributed by atoms with E-state index in [4.69, 9.17) is 19.4 Å². The molecule has 4 aliphatic rings. The molecule has 4 aromatic carbocycles. The van der Waals surface area contributed by atoms with Crippen LogP contribution in [0.3, 0.4) is 0 Å². The summed E-state index contributed by atoms with van der Waals surface area (Å²) in [7, 11) is 0. The highest BCUT2D eigenvalue weighted by molar-refractivity contribution is 5.88. The number of benzene rings is 4. The quantitative estimate of drug-likeness (QED) is 0.143. The topological polar surface area (TPSA) is 84.7 Å². The molecule has 63 heavy (non-hydrogen) atoms. The van der Waals surface area contributed by atoms with Crippen LogP contribution in [0, 0.1) is 13.8 Å². The molecular weight excluding hydrogens is 777 g/mol. The molecule has 324 valence electrons. The molecule has 6 aromatic rings. The van der Waals surface area contributed by atoms with E-state index in [2.05, 4.69) is 52.0 Å². The van der Waals surface area contributed by atoms with Crippen molar-refractivity contribution in [2.75, 3.05) is 0 Å². The third-order valence-corrected chi connectivity index (χ3v) is 14.4. The predicted molar refractivity (Wildman–Crippen MR) is 254 cm³/mol. The Morgan fingerprint density at radius 3 is 1.17 bits per heavy atom. The molecule has 2 N–H and O–H groups in total. The number of aromatic hydroxyl groups is 2. The van der Waals surface area contributed by atoms with Crippen LogP contribution >= 0.6 is 0 Å². The number of phenolic OH excluding ortho intramolecular Hbond substituents is 2. The summed E-state index contributed by atoms with van der Waals surface area (Å²) >= 11 is 0. The van der Waals surface area contributed by atoms with Crippen LogP contribution in [0.4, 0.5) is 0 Å². The molecule has 2 aromatic heterocycles. The van der Waals surface area contributed by atoms with Crippen LogP contribution in [0.5, 0.6) is 23.0 Å². The summed E-state index contributed by atoms with van der Waals surface area (Å²) in [6, 6.07) is 21.1. The highest BCUT2D eigenvalue weighted by Gasteiger charge is 2.29. The van der Waals surface area contributed by atoms with Gasteiger partial charge in [0.1, 0.15) is 34.4 Å². The Morgan fingerprint density at radius 2 is 0.810 bits per heavy atom. The Labute approximate surface area is 373 Å². The molecule has 6 nitrogen and oxygen atoms in total. The predicted octanol–water partition coefficient (Wildman–Crippen LogP) is 13.3. The van der Waals surface area contributed by atoms with Crippen molar-refractivity contribution in [1.82, 2.24) is 9.97 Å². The van der Waals surface area contributed by atoms with Crippen molar-refractivity contribution in [3.05, 3.63) is 129 Å². The minimum atomic E-state index is -0.239. The van der Waals surface area contributed by atoms with Gasteiger partial charge in [0, 0.05) is 41.1 Å². The van der Waals surface area contributed by atoms with Crippen LogP contribution in [-0.4, -0.2) is 32.4 Å². The van der Waals surface area contributed by atoms with Crippen LogP contribution in [0.2, 0.25) is 0 Å². The van der Waals surface area contributed by atoms with E-state index in [1.54, 1.807) is 12.4 Å². The van der Waals surface area contributed by atoms with Crippen molar-refractivity contribution in [3.63, 3.8) is 0 Å². The van der Waals surface area contributed by atoms with Crippen molar-refractivity contribution in [3.8, 4) is 67.8 Å². The Kier molecular flexibility index (Phi) is 11.5. The highest BCUT2D eigenvalue weighted by Crippen LogP contribution is 2.49. The molecule has 0 aliphatic heterocycles. The number of fused-ring (bicyclic) bond motifs is 4. The summed E-state index contributed by atoms with van der Waals surface area (Å²) in [4.78, 5) is 9.70.